The van der Waals surface area contributed by atoms with Crippen LogP contribution in [0.5, 0.6) is 0 Å². The predicted molar refractivity (Wildman–Crippen MR) is 69.5 cm³/mol. The molecule has 0 spiro atoms. The molecule has 2 rings (SSSR count). The van der Waals surface area contributed by atoms with E-state index in [0.717, 1.165) is 12.1 Å². The van der Waals surface area contributed by atoms with E-state index in [1.54, 1.807) is 0 Å². The maximum absolute atomic E-state index is 13.4. The van der Waals surface area contributed by atoms with E-state index >= 15 is 0 Å². The molecule has 0 radical (unpaired) electrons. The highest BCUT2D eigenvalue weighted by atomic mass is 19.1. The minimum atomic E-state index is -0.945. The van der Waals surface area contributed by atoms with Crippen LogP contribution in [0.15, 0.2) is 18.2 Å². The molecule has 114 valence electrons. The molecule has 6 heteroatoms. The van der Waals surface area contributed by atoms with Gasteiger partial charge in [0.05, 0.1) is 13.0 Å². The molecule has 0 amide bonds. The quantitative estimate of drug-likeness (QED) is 0.781. The number of ether oxygens (including phenoxy) is 2. The van der Waals surface area contributed by atoms with Gasteiger partial charge in [0.1, 0.15) is 11.6 Å². The first-order chi connectivity index (χ1) is 9.99. The number of carbonyl (C=O) groups is 2. The van der Waals surface area contributed by atoms with Crippen molar-refractivity contribution in [3.8, 4) is 0 Å². The number of carbonyl (C=O) groups excluding carboxylic acids is 2. The molecule has 0 N–H and O–H groups in total. The molecule has 1 heterocycles. The number of rotatable bonds is 5. The van der Waals surface area contributed by atoms with Gasteiger partial charge in [0.15, 0.2) is 11.9 Å². The summed E-state index contributed by atoms with van der Waals surface area (Å²) in [5.41, 5.74) is -0.355. The van der Waals surface area contributed by atoms with Crippen LogP contribution in [0.3, 0.4) is 0 Å². The molecule has 1 fully saturated rings. The van der Waals surface area contributed by atoms with Crippen LogP contribution in [-0.4, -0.2) is 31.1 Å². The number of ketones is 1. The van der Waals surface area contributed by atoms with Gasteiger partial charge in [-0.3, -0.25) is 9.59 Å². The summed E-state index contributed by atoms with van der Waals surface area (Å²) in [6.45, 7) is 2.29. The molecular formula is C15H16F2O4. The van der Waals surface area contributed by atoms with E-state index in [-0.39, 0.29) is 17.3 Å². The van der Waals surface area contributed by atoms with Gasteiger partial charge in [-0.05, 0) is 25.5 Å². The Kier molecular flexibility index (Phi) is 5.01. The van der Waals surface area contributed by atoms with E-state index in [9.17, 15) is 18.4 Å². The topological polar surface area (TPSA) is 52.6 Å². The summed E-state index contributed by atoms with van der Waals surface area (Å²) in [6.07, 6.45) is -0.890. The van der Waals surface area contributed by atoms with Crippen molar-refractivity contribution in [2.24, 2.45) is 5.92 Å². The monoisotopic (exact) mass is 298 g/mol. The summed E-state index contributed by atoms with van der Waals surface area (Å²) in [4.78, 5) is 23.7. The highest BCUT2D eigenvalue weighted by molar-refractivity contribution is 5.87. The predicted octanol–water partition coefficient (Wildman–Crippen LogP) is 2.04. The van der Waals surface area contributed by atoms with Gasteiger partial charge in [-0.1, -0.05) is 6.07 Å². The van der Waals surface area contributed by atoms with Crippen molar-refractivity contribution in [2.75, 3.05) is 13.2 Å². The first kappa shape index (κ1) is 15.6. The zero-order chi connectivity index (χ0) is 15.4. The summed E-state index contributed by atoms with van der Waals surface area (Å²) < 4.78 is 36.9. The van der Waals surface area contributed by atoms with Crippen molar-refractivity contribution in [1.29, 1.82) is 0 Å². The molecular weight excluding hydrogens is 282 g/mol. The Morgan fingerprint density at radius 1 is 1.38 bits per heavy atom. The van der Waals surface area contributed by atoms with Crippen molar-refractivity contribution in [3.63, 3.8) is 0 Å². The molecule has 1 saturated heterocycles. The minimum Gasteiger partial charge on any atom is -0.454 e. The van der Waals surface area contributed by atoms with Crippen molar-refractivity contribution < 1.29 is 27.8 Å². The number of halogens is 2. The van der Waals surface area contributed by atoms with E-state index in [0.29, 0.717) is 19.6 Å². The lowest BCUT2D eigenvalue weighted by atomic mass is 10.00. The van der Waals surface area contributed by atoms with Crippen LogP contribution in [0, 0.1) is 17.6 Å². The summed E-state index contributed by atoms with van der Waals surface area (Å²) in [6, 6.07) is 3.35. The Morgan fingerprint density at radius 3 is 2.62 bits per heavy atom. The van der Waals surface area contributed by atoms with Gasteiger partial charge in [0.25, 0.3) is 0 Å². The fraction of sp³-hybridized carbons (Fsp3) is 0.467. The second kappa shape index (κ2) is 6.76. The standard InChI is InChI=1S/C15H16F2O4/c1-9(15(19)10-5-6-20-8-10)21-14(18)7-11-12(16)3-2-4-13(11)17/h2-4,9-10H,5-8H2,1H3. The number of hydrogen-bond donors (Lipinski definition) is 0. The summed E-state index contributed by atoms with van der Waals surface area (Å²) in [7, 11) is 0. The van der Waals surface area contributed by atoms with Crippen LogP contribution in [0.2, 0.25) is 0 Å². The lowest BCUT2D eigenvalue weighted by Crippen LogP contribution is -2.31. The molecule has 1 aliphatic heterocycles. The van der Waals surface area contributed by atoms with Gasteiger partial charge in [-0.2, -0.15) is 0 Å². The normalized spacial score (nSPS) is 19.3. The van der Waals surface area contributed by atoms with Crippen molar-refractivity contribution >= 4 is 11.8 Å². The fourth-order valence-corrected chi connectivity index (χ4v) is 2.23. The third kappa shape index (κ3) is 3.85. The maximum atomic E-state index is 13.4. The van der Waals surface area contributed by atoms with Crippen molar-refractivity contribution in [2.45, 2.75) is 25.9 Å². The average molecular weight is 298 g/mol. The number of Topliss-reactive ketones (excluding diaryl/α,β-unsaturated/α-hetero) is 1. The number of benzene rings is 1. The molecule has 0 saturated carbocycles. The van der Waals surface area contributed by atoms with Crippen LogP contribution in [0.4, 0.5) is 8.78 Å². The first-order valence-electron chi connectivity index (χ1n) is 6.73. The van der Waals surface area contributed by atoms with Crippen LogP contribution in [0.25, 0.3) is 0 Å². The molecule has 0 aromatic heterocycles. The zero-order valence-electron chi connectivity index (χ0n) is 11.6. The van der Waals surface area contributed by atoms with Gasteiger partial charge < -0.3 is 9.47 Å². The third-order valence-electron chi connectivity index (χ3n) is 3.42. The van der Waals surface area contributed by atoms with E-state index in [1.165, 1.54) is 13.0 Å². The van der Waals surface area contributed by atoms with Gasteiger partial charge >= 0.3 is 5.97 Å². The highest BCUT2D eigenvalue weighted by Gasteiger charge is 2.29. The molecule has 1 aliphatic rings. The lowest BCUT2D eigenvalue weighted by molar-refractivity contribution is -0.154. The fourth-order valence-electron chi connectivity index (χ4n) is 2.23. The SMILES string of the molecule is CC(OC(=O)Cc1c(F)cccc1F)C(=O)C1CCOC1. The smallest absolute Gasteiger partial charge is 0.311 e. The van der Waals surface area contributed by atoms with E-state index in [2.05, 4.69) is 0 Å². The average Bonchev–Trinajstić information content (AvgIpc) is 2.96. The Hall–Kier alpha value is -1.82. The zero-order valence-corrected chi connectivity index (χ0v) is 11.6. The summed E-state index contributed by atoms with van der Waals surface area (Å²) in [5.74, 6) is -2.96. The Bertz CT molecular complexity index is 518. The second-order valence-electron chi connectivity index (χ2n) is 4.97. The number of esters is 1. The van der Waals surface area contributed by atoms with Crippen molar-refractivity contribution in [1.82, 2.24) is 0 Å². The van der Waals surface area contributed by atoms with Crippen molar-refractivity contribution in [3.05, 3.63) is 35.4 Å². The molecule has 0 bridgehead atoms. The molecule has 2 unspecified atom stereocenters. The molecule has 1 aromatic rings. The van der Waals surface area contributed by atoms with Gasteiger partial charge in [0, 0.05) is 18.1 Å². The van der Waals surface area contributed by atoms with Gasteiger partial charge in [0.2, 0.25) is 0 Å². The van der Waals surface area contributed by atoms with Crippen LogP contribution < -0.4 is 0 Å². The highest BCUT2D eigenvalue weighted by Crippen LogP contribution is 2.18. The maximum Gasteiger partial charge on any atom is 0.311 e. The Labute approximate surface area is 121 Å². The summed E-state index contributed by atoms with van der Waals surface area (Å²) >= 11 is 0. The van der Waals surface area contributed by atoms with E-state index < -0.39 is 30.1 Å². The van der Waals surface area contributed by atoms with Gasteiger partial charge in [-0.15, -0.1) is 0 Å². The van der Waals surface area contributed by atoms with E-state index in [1.807, 2.05) is 0 Å². The number of hydrogen-bond acceptors (Lipinski definition) is 4. The lowest BCUT2D eigenvalue weighted by Gasteiger charge is -2.15. The van der Waals surface area contributed by atoms with Crippen LogP contribution >= 0.6 is 0 Å². The first-order valence-corrected chi connectivity index (χ1v) is 6.73. The molecule has 2 atom stereocenters. The third-order valence-corrected chi connectivity index (χ3v) is 3.42. The van der Waals surface area contributed by atoms with Crippen LogP contribution in [0.1, 0.15) is 18.9 Å². The second-order valence-corrected chi connectivity index (χ2v) is 4.97. The molecule has 4 nitrogen and oxygen atoms in total. The van der Waals surface area contributed by atoms with Crippen LogP contribution in [-0.2, 0) is 25.5 Å². The Morgan fingerprint density at radius 2 is 2.05 bits per heavy atom. The van der Waals surface area contributed by atoms with E-state index in [4.69, 9.17) is 9.47 Å². The largest absolute Gasteiger partial charge is 0.454 e. The molecule has 1 aromatic carbocycles. The Balaban J connectivity index is 1.93. The molecule has 0 aliphatic carbocycles. The molecule has 21 heavy (non-hydrogen) atoms. The van der Waals surface area contributed by atoms with Gasteiger partial charge in [-0.25, -0.2) is 8.78 Å². The summed E-state index contributed by atoms with van der Waals surface area (Å²) in [5, 5.41) is 0. The minimum absolute atomic E-state index is 0.227.